The fourth-order valence-electron chi connectivity index (χ4n) is 2.29. The third-order valence-electron chi connectivity index (χ3n) is 3.60. The van der Waals surface area contributed by atoms with Crippen molar-refractivity contribution in [3.63, 3.8) is 0 Å². The van der Waals surface area contributed by atoms with Gasteiger partial charge in [0.05, 0.1) is 32.0 Å². The first-order valence-corrected chi connectivity index (χ1v) is 7.73. The van der Waals surface area contributed by atoms with E-state index in [1.165, 1.54) is 12.0 Å². The molecular weight excluding hydrogens is 252 g/mol. The molecule has 0 saturated carbocycles. The summed E-state index contributed by atoms with van der Waals surface area (Å²) in [5, 5.41) is 0. The van der Waals surface area contributed by atoms with Crippen molar-refractivity contribution in [2.75, 3.05) is 19.8 Å². The maximum Gasteiger partial charge on any atom is 0.0814 e. The topological polar surface area (TPSA) is 27.7 Å². The van der Waals surface area contributed by atoms with Gasteiger partial charge in [-0.3, -0.25) is 0 Å². The summed E-state index contributed by atoms with van der Waals surface area (Å²) in [6.45, 7) is 5.12. The minimum atomic E-state index is 0.224. The highest BCUT2D eigenvalue weighted by molar-refractivity contribution is 5.13. The number of hydrogen-bond donors (Lipinski definition) is 0. The van der Waals surface area contributed by atoms with Crippen molar-refractivity contribution in [2.24, 2.45) is 0 Å². The third kappa shape index (κ3) is 5.61. The van der Waals surface area contributed by atoms with Crippen molar-refractivity contribution in [3.05, 3.63) is 35.9 Å². The molecule has 2 rings (SSSR count). The molecular formula is C17H26O3. The van der Waals surface area contributed by atoms with E-state index in [0.29, 0.717) is 13.2 Å². The zero-order valence-corrected chi connectivity index (χ0v) is 12.4. The summed E-state index contributed by atoms with van der Waals surface area (Å²) in [7, 11) is 0. The summed E-state index contributed by atoms with van der Waals surface area (Å²) in [4.78, 5) is 0. The first-order valence-electron chi connectivity index (χ1n) is 7.73. The first kappa shape index (κ1) is 15.5. The molecule has 20 heavy (non-hydrogen) atoms. The number of benzene rings is 1. The molecule has 1 saturated heterocycles. The molecule has 1 aliphatic heterocycles. The molecule has 1 aromatic rings. The van der Waals surface area contributed by atoms with Gasteiger partial charge in [0.15, 0.2) is 0 Å². The van der Waals surface area contributed by atoms with Crippen LogP contribution in [-0.2, 0) is 20.8 Å². The Balaban J connectivity index is 1.57. The Hall–Kier alpha value is -0.900. The fraction of sp³-hybridized carbons (Fsp3) is 0.647. The van der Waals surface area contributed by atoms with E-state index in [0.717, 1.165) is 32.5 Å². The van der Waals surface area contributed by atoms with E-state index in [9.17, 15) is 0 Å². The lowest BCUT2D eigenvalue weighted by Gasteiger charge is -2.29. The second-order valence-electron chi connectivity index (χ2n) is 5.38. The van der Waals surface area contributed by atoms with Gasteiger partial charge in [0.2, 0.25) is 0 Å². The van der Waals surface area contributed by atoms with E-state index in [4.69, 9.17) is 14.2 Å². The summed E-state index contributed by atoms with van der Waals surface area (Å²) >= 11 is 0. The van der Waals surface area contributed by atoms with Gasteiger partial charge in [0, 0.05) is 6.61 Å². The molecule has 3 heteroatoms. The molecule has 3 nitrogen and oxygen atoms in total. The van der Waals surface area contributed by atoms with Crippen molar-refractivity contribution in [1.82, 2.24) is 0 Å². The number of ether oxygens (including phenoxy) is 3. The van der Waals surface area contributed by atoms with Crippen LogP contribution < -0.4 is 0 Å². The van der Waals surface area contributed by atoms with E-state index in [1.54, 1.807) is 0 Å². The van der Waals surface area contributed by atoms with E-state index in [-0.39, 0.29) is 12.2 Å². The molecule has 1 fully saturated rings. The first-order chi connectivity index (χ1) is 9.88. The van der Waals surface area contributed by atoms with Crippen LogP contribution in [0.3, 0.4) is 0 Å². The van der Waals surface area contributed by atoms with Gasteiger partial charge in [-0.1, -0.05) is 43.7 Å². The predicted molar refractivity (Wildman–Crippen MR) is 79.7 cm³/mol. The lowest BCUT2D eigenvalue weighted by molar-refractivity contribution is -0.110. The Labute approximate surface area is 122 Å². The second-order valence-corrected chi connectivity index (χ2v) is 5.38. The van der Waals surface area contributed by atoms with Crippen molar-refractivity contribution < 1.29 is 14.2 Å². The van der Waals surface area contributed by atoms with Crippen LogP contribution in [0.5, 0.6) is 0 Å². The second kappa shape index (κ2) is 9.11. The van der Waals surface area contributed by atoms with Gasteiger partial charge < -0.3 is 14.2 Å². The van der Waals surface area contributed by atoms with Crippen LogP contribution >= 0.6 is 0 Å². The van der Waals surface area contributed by atoms with Gasteiger partial charge >= 0.3 is 0 Å². The third-order valence-corrected chi connectivity index (χ3v) is 3.60. The van der Waals surface area contributed by atoms with Crippen LogP contribution in [-0.4, -0.2) is 32.0 Å². The molecule has 0 radical (unpaired) electrons. The standard InChI is InChI=1S/C17H26O3/c1-2-3-11-18-13-16-9-10-17(14-20-16)19-12-15-7-5-4-6-8-15/h4-8,16-17H,2-3,9-14H2,1H3. The smallest absolute Gasteiger partial charge is 0.0814 e. The van der Waals surface area contributed by atoms with Crippen LogP contribution in [0.25, 0.3) is 0 Å². The molecule has 0 spiro atoms. The summed E-state index contributed by atoms with van der Waals surface area (Å²) in [6, 6.07) is 10.3. The molecule has 0 amide bonds. The molecule has 0 aliphatic carbocycles. The van der Waals surface area contributed by atoms with Crippen LogP contribution in [0.15, 0.2) is 30.3 Å². The molecule has 1 aliphatic rings. The minimum Gasteiger partial charge on any atom is -0.379 e. The molecule has 112 valence electrons. The Morgan fingerprint density at radius 2 is 2.05 bits per heavy atom. The maximum absolute atomic E-state index is 5.89. The van der Waals surface area contributed by atoms with Gasteiger partial charge in [0.1, 0.15) is 0 Å². The number of rotatable bonds is 8. The summed E-state index contributed by atoms with van der Waals surface area (Å²) in [5.41, 5.74) is 1.22. The van der Waals surface area contributed by atoms with Crippen molar-refractivity contribution in [2.45, 2.75) is 51.4 Å². The van der Waals surface area contributed by atoms with Crippen LogP contribution in [0.2, 0.25) is 0 Å². The highest BCUT2D eigenvalue weighted by atomic mass is 16.6. The van der Waals surface area contributed by atoms with Crippen molar-refractivity contribution in [1.29, 1.82) is 0 Å². The highest BCUT2D eigenvalue weighted by Crippen LogP contribution is 2.18. The Morgan fingerprint density at radius 3 is 2.75 bits per heavy atom. The van der Waals surface area contributed by atoms with Crippen molar-refractivity contribution in [3.8, 4) is 0 Å². The summed E-state index contributed by atoms with van der Waals surface area (Å²) < 4.78 is 17.3. The van der Waals surface area contributed by atoms with E-state index < -0.39 is 0 Å². The van der Waals surface area contributed by atoms with Gasteiger partial charge in [-0.25, -0.2) is 0 Å². The summed E-state index contributed by atoms with van der Waals surface area (Å²) in [5.74, 6) is 0. The van der Waals surface area contributed by atoms with Gasteiger partial charge in [0.25, 0.3) is 0 Å². The van der Waals surface area contributed by atoms with Crippen molar-refractivity contribution >= 4 is 0 Å². The maximum atomic E-state index is 5.89. The largest absolute Gasteiger partial charge is 0.379 e. The predicted octanol–water partition coefficient (Wildman–Crippen LogP) is 3.57. The molecule has 1 heterocycles. The van der Waals surface area contributed by atoms with E-state index >= 15 is 0 Å². The average Bonchev–Trinajstić information content (AvgIpc) is 2.52. The van der Waals surface area contributed by atoms with Gasteiger partial charge in [-0.05, 0) is 24.8 Å². The van der Waals surface area contributed by atoms with E-state index in [1.807, 2.05) is 18.2 Å². The fourth-order valence-corrected chi connectivity index (χ4v) is 2.29. The number of hydrogen-bond acceptors (Lipinski definition) is 3. The Bertz CT molecular complexity index is 345. The SMILES string of the molecule is CCCCOCC1CCC(OCc2ccccc2)CO1. The van der Waals surface area contributed by atoms with Crippen LogP contribution in [0, 0.1) is 0 Å². The number of unbranched alkanes of at least 4 members (excludes halogenated alkanes) is 1. The average molecular weight is 278 g/mol. The molecule has 0 N–H and O–H groups in total. The minimum absolute atomic E-state index is 0.224. The van der Waals surface area contributed by atoms with Gasteiger partial charge in [-0.2, -0.15) is 0 Å². The van der Waals surface area contributed by atoms with Crippen LogP contribution in [0.4, 0.5) is 0 Å². The highest BCUT2D eigenvalue weighted by Gasteiger charge is 2.22. The molecule has 2 unspecified atom stereocenters. The quantitative estimate of drug-likeness (QED) is 0.680. The van der Waals surface area contributed by atoms with Gasteiger partial charge in [-0.15, -0.1) is 0 Å². The summed E-state index contributed by atoms with van der Waals surface area (Å²) in [6.07, 6.45) is 4.89. The molecule has 0 bridgehead atoms. The van der Waals surface area contributed by atoms with Crippen LogP contribution in [0.1, 0.15) is 38.2 Å². The molecule has 1 aromatic carbocycles. The van der Waals surface area contributed by atoms with E-state index in [2.05, 4.69) is 19.1 Å². The normalized spacial score (nSPS) is 22.9. The zero-order chi connectivity index (χ0) is 14.0. The zero-order valence-electron chi connectivity index (χ0n) is 12.4. The Morgan fingerprint density at radius 1 is 1.20 bits per heavy atom. The molecule has 0 aromatic heterocycles. The Kier molecular flexibility index (Phi) is 7.06. The monoisotopic (exact) mass is 278 g/mol. The lowest BCUT2D eigenvalue weighted by Crippen LogP contribution is -2.34. The molecule has 2 atom stereocenters. The lowest BCUT2D eigenvalue weighted by atomic mass is 10.1.